The van der Waals surface area contributed by atoms with Gasteiger partial charge in [0.25, 0.3) is 0 Å². The van der Waals surface area contributed by atoms with Crippen molar-refractivity contribution < 1.29 is 22.4 Å². The number of anilines is 1. The van der Waals surface area contributed by atoms with Crippen LogP contribution in [-0.4, -0.2) is 10.2 Å². The summed E-state index contributed by atoms with van der Waals surface area (Å²) in [5.74, 6) is -7.28. The fraction of sp³-hybridized carbons (Fsp3) is 0.300. The lowest BCUT2D eigenvalue weighted by Gasteiger charge is -2.16. The molecular weight excluding hydrogens is 306 g/mol. The Balaban J connectivity index is 3.20. The highest BCUT2D eigenvalue weighted by Crippen LogP contribution is 2.26. The lowest BCUT2D eigenvalue weighted by molar-refractivity contribution is -0.117. The Labute approximate surface area is 103 Å². The Morgan fingerprint density at radius 1 is 1.18 bits per heavy atom. The van der Waals surface area contributed by atoms with E-state index in [2.05, 4.69) is 15.9 Å². The van der Waals surface area contributed by atoms with Gasteiger partial charge in [0.05, 0.1) is 4.32 Å². The highest BCUT2D eigenvalue weighted by Gasteiger charge is 2.27. The quantitative estimate of drug-likeness (QED) is 0.506. The lowest BCUT2D eigenvalue weighted by atomic mass is 10.2. The molecule has 0 bridgehead atoms. The maximum atomic E-state index is 13.2. The third-order valence-electron chi connectivity index (χ3n) is 1.89. The number of benzene rings is 1. The van der Waals surface area contributed by atoms with Crippen LogP contribution in [0.2, 0.25) is 0 Å². The predicted molar refractivity (Wildman–Crippen MR) is 57.9 cm³/mol. The van der Waals surface area contributed by atoms with Gasteiger partial charge in [0.1, 0.15) is 5.69 Å². The Kier molecular flexibility index (Phi) is 3.81. The zero-order valence-corrected chi connectivity index (χ0v) is 10.5. The zero-order chi connectivity index (χ0) is 13.4. The predicted octanol–water partition coefficient (Wildman–Crippen LogP) is 3.36. The molecule has 17 heavy (non-hydrogen) atoms. The van der Waals surface area contributed by atoms with Crippen LogP contribution < -0.4 is 5.32 Å². The molecule has 7 heteroatoms. The maximum absolute atomic E-state index is 13.2. The van der Waals surface area contributed by atoms with Crippen molar-refractivity contribution in [1.29, 1.82) is 0 Å². The molecule has 0 heterocycles. The summed E-state index contributed by atoms with van der Waals surface area (Å²) >= 11 is 2.94. The minimum Gasteiger partial charge on any atom is -0.320 e. The summed E-state index contributed by atoms with van der Waals surface area (Å²) < 4.78 is 50.9. The van der Waals surface area contributed by atoms with Crippen LogP contribution in [0.4, 0.5) is 23.2 Å². The van der Waals surface area contributed by atoms with Crippen LogP contribution in [0.1, 0.15) is 13.8 Å². The van der Waals surface area contributed by atoms with Gasteiger partial charge in [0.15, 0.2) is 23.3 Å². The van der Waals surface area contributed by atoms with E-state index in [4.69, 9.17) is 0 Å². The van der Waals surface area contributed by atoms with Gasteiger partial charge in [-0.1, -0.05) is 15.9 Å². The number of carbonyl (C=O) groups excluding carboxylic acids is 1. The van der Waals surface area contributed by atoms with Crippen LogP contribution in [-0.2, 0) is 4.79 Å². The van der Waals surface area contributed by atoms with E-state index < -0.39 is 39.2 Å². The molecule has 0 aromatic heterocycles. The molecule has 0 atom stereocenters. The topological polar surface area (TPSA) is 29.1 Å². The molecule has 1 rings (SSSR count). The van der Waals surface area contributed by atoms with E-state index in [1.54, 1.807) is 5.32 Å². The fourth-order valence-electron chi connectivity index (χ4n) is 0.945. The number of rotatable bonds is 2. The number of alkyl halides is 1. The largest absolute Gasteiger partial charge is 0.320 e. The van der Waals surface area contributed by atoms with Crippen molar-refractivity contribution in [3.8, 4) is 0 Å². The molecule has 0 saturated carbocycles. The molecule has 0 aliphatic carbocycles. The Morgan fingerprint density at radius 2 is 1.59 bits per heavy atom. The van der Waals surface area contributed by atoms with Crippen LogP contribution in [0, 0.1) is 23.3 Å². The van der Waals surface area contributed by atoms with Crippen molar-refractivity contribution in [3.63, 3.8) is 0 Å². The van der Waals surface area contributed by atoms with E-state index in [1.807, 2.05) is 0 Å². The SMILES string of the molecule is CC(C)(Br)C(=O)Nc1c(F)c(F)cc(F)c1F. The number of hydrogen-bond acceptors (Lipinski definition) is 1. The van der Waals surface area contributed by atoms with Crippen LogP contribution in [0.3, 0.4) is 0 Å². The standard InChI is InChI=1S/C10H8BrF4NO/c1-10(2,11)9(17)16-8-6(14)4(12)3-5(13)7(8)15/h3H,1-2H3,(H,16,17). The second-order valence-electron chi connectivity index (χ2n) is 3.77. The Bertz CT molecular complexity index is 444. The molecule has 0 aliphatic heterocycles. The van der Waals surface area contributed by atoms with Gasteiger partial charge in [-0.25, -0.2) is 17.6 Å². The number of nitrogens with one attached hydrogen (secondary N) is 1. The van der Waals surface area contributed by atoms with Crippen LogP contribution >= 0.6 is 15.9 Å². The molecule has 1 aromatic rings. The summed E-state index contributed by atoms with van der Waals surface area (Å²) in [7, 11) is 0. The Morgan fingerprint density at radius 3 is 1.94 bits per heavy atom. The molecule has 1 aromatic carbocycles. The first-order chi connectivity index (χ1) is 7.64. The van der Waals surface area contributed by atoms with Crippen molar-refractivity contribution in [2.24, 2.45) is 0 Å². The normalized spacial score (nSPS) is 11.5. The summed E-state index contributed by atoms with van der Waals surface area (Å²) in [6.45, 7) is 2.82. The summed E-state index contributed by atoms with van der Waals surface area (Å²) in [6, 6.07) is 0.0690. The van der Waals surface area contributed by atoms with Crippen LogP contribution in [0.25, 0.3) is 0 Å². The monoisotopic (exact) mass is 313 g/mol. The number of hydrogen-bond donors (Lipinski definition) is 1. The highest BCUT2D eigenvalue weighted by atomic mass is 79.9. The molecule has 94 valence electrons. The van der Waals surface area contributed by atoms with Crippen LogP contribution in [0.15, 0.2) is 6.07 Å². The number of halogens is 5. The second-order valence-corrected chi connectivity index (χ2v) is 5.75. The van der Waals surface area contributed by atoms with Gasteiger partial charge in [-0.05, 0) is 13.8 Å². The van der Waals surface area contributed by atoms with E-state index >= 15 is 0 Å². The van der Waals surface area contributed by atoms with E-state index in [-0.39, 0.29) is 6.07 Å². The molecule has 0 aliphatic rings. The molecule has 2 nitrogen and oxygen atoms in total. The van der Waals surface area contributed by atoms with Crippen molar-refractivity contribution >= 4 is 27.5 Å². The summed E-state index contributed by atoms with van der Waals surface area (Å²) in [4.78, 5) is 11.4. The molecule has 0 radical (unpaired) electrons. The fourth-order valence-corrected chi connectivity index (χ4v) is 1.04. The molecular formula is C10H8BrF4NO. The molecule has 1 N–H and O–H groups in total. The average molecular weight is 314 g/mol. The number of amides is 1. The number of carbonyl (C=O) groups is 1. The minimum absolute atomic E-state index is 0.0690. The maximum Gasteiger partial charge on any atom is 0.240 e. The highest BCUT2D eigenvalue weighted by molar-refractivity contribution is 9.10. The van der Waals surface area contributed by atoms with Gasteiger partial charge < -0.3 is 5.32 Å². The molecule has 0 unspecified atom stereocenters. The lowest BCUT2D eigenvalue weighted by Crippen LogP contribution is -2.32. The van der Waals surface area contributed by atoms with Crippen LogP contribution in [0.5, 0.6) is 0 Å². The first kappa shape index (κ1) is 14.0. The Hall–Kier alpha value is -1.11. The molecule has 1 amide bonds. The van der Waals surface area contributed by atoms with Gasteiger partial charge in [-0.15, -0.1) is 0 Å². The van der Waals surface area contributed by atoms with Gasteiger partial charge in [-0.3, -0.25) is 4.79 Å². The van der Waals surface area contributed by atoms with Gasteiger partial charge in [0.2, 0.25) is 5.91 Å². The first-order valence-corrected chi connectivity index (χ1v) is 5.27. The summed E-state index contributed by atoms with van der Waals surface area (Å²) in [5.41, 5.74) is -1.14. The third-order valence-corrected chi connectivity index (χ3v) is 2.25. The van der Waals surface area contributed by atoms with Gasteiger partial charge in [0, 0.05) is 6.07 Å². The molecule has 0 spiro atoms. The van der Waals surface area contributed by atoms with Crippen molar-refractivity contribution in [2.75, 3.05) is 5.32 Å². The smallest absolute Gasteiger partial charge is 0.240 e. The second kappa shape index (κ2) is 4.64. The van der Waals surface area contributed by atoms with Crippen molar-refractivity contribution in [3.05, 3.63) is 29.3 Å². The van der Waals surface area contributed by atoms with Gasteiger partial charge in [-0.2, -0.15) is 0 Å². The zero-order valence-electron chi connectivity index (χ0n) is 8.88. The van der Waals surface area contributed by atoms with Crippen molar-refractivity contribution in [2.45, 2.75) is 18.2 Å². The van der Waals surface area contributed by atoms with E-state index in [9.17, 15) is 22.4 Å². The van der Waals surface area contributed by atoms with E-state index in [0.29, 0.717) is 0 Å². The first-order valence-electron chi connectivity index (χ1n) is 4.48. The van der Waals surface area contributed by atoms with Gasteiger partial charge >= 0.3 is 0 Å². The molecule has 0 fully saturated rings. The van der Waals surface area contributed by atoms with E-state index in [1.165, 1.54) is 13.8 Å². The van der Waals surface area contributed by atoms with E-state index in [0.717, 1.165) is 0 Å². The summed E-state index contributed by atoms with van der Waals surface area (Å²) in [6.07, 6.45) is 0. The van der Waals surface area contributed by atoms with Crippen molar-refractivity contribution in [1.82, 2.24) is 0 Å². The average Bonchev–Trinajstić information content (AvgIpc) is 2.20. The summed E-state index contributed by atoms with van der Waals surface area (Å²) in [5, 5.41) is 1.78. The third kappa shape index (κ3) is 2.96. The minimum atomic E-state index is -1.64. The molecule has 0 saturated heterocycles.